The number of H-pyrrole nitrogens is 1. The predicted molar refractivity (Wildman–Crippen MR) is 53.9 cm³/mol. The van der Waals surface area contributed by atoms with Gasteiger partial charge >= 0.3 is 0 Å². The highest BCUT2D eigenvalue weighted by molar-refractivity contribution is 7.89. The standard InChI is InChI=1S/C8H10N4O3S/c1-6-9-5-8(12-6)16(13,14)11-4-7-2-3-10-15-7/h2-3,5,11H,4H2,1H3,(H,9,12). The Balaban J connectivity index is 2.09. The first kappa shape index (κ1) is 10.8. The Morgan fingerprint density at radius 3 is 2.94 bits per heavy atom. The van der Waals surface area contributed by atoms with E-state index in [0.29, 0.717) is 11.6 Å². The molecule has 0 fully saturated rings. The van der Waals surface area contributed by atoms with Crippen molar-refractivity contribution in [3.8, 4) is 0 Å². The summed E-state index contributed by atoms with van der Waals surface area (Å²) < 4.78 is 30.5. The van der Waals surface area contributed by atoms with Gasteiger partial charge in [0, 0.05) is 6.07 Å². The molecule has 2 rings (SSSR count). The Morgan fingerprint density at radius 2 is 2.38 bits per heavy atom. The molecule has 0 aliphatic heterocycles. The maximum absolute atomic E-state index is 11.7. The molecule has 0 bridgehead atoms. The van der Waals surface area contributed by atoms with Gasteiger partial charge in [0.25, 0.3) is 10.0 Å². The summed E-state index contributed by atoms with van der Waals surface area (Å²) >= 11 is 0. The highest BCUT2D eigenvalue weighted by Gasteiger charge is 2.16. The van der Waals surface area contributed by atoms with Crippen LogP contribution in [0.5, 0.6) is 0 Å². The number of aryl methyl sites for hydroxylation is 1. The molecule has 0 atom stereocenters. The number of nitrogens with zero attached hydrogens (tertiary/aromatic N) is 2. The average molecular weight is 242 g/mol. The first-order valence-corrected chi connectivity index (χ1v) is 5.97. The quantitative estimate of drug-likeness (QED) is 0.796. The van der Waals surface area contributed by atoms with Crippen molar-refractivity contribution in [2.75, 3.05) is 0 Å². The van der Waals surface area contributed by atoms with Crippen LogP contribution in [-0.4, -0.2) is 23.5 Å². The van der Waals surface area contributed by atoms with Gasteiger partial charge in [-0.25, -0.2) is 18.1 Å². The highest BCUT2D eigenvalue weighted by Crippen LogP contribution is 2.06. The second-order valence-electron chi connectivity index (χ2n) is 3.14. The van der Waals surface area contributed by atoms with Gasteiger partial charge < -0.3 is 9.51 Å². The van der Waals surface area contributed by atoms with Crippen molar-refractivity contribution in [3.63, 3.8) is 0 Å². The molecule has 7 nitrogen and oxygen atoms in total. The van der Waals surface area contributed by atoms with E-state index in [0.717, 1.165) is 0 Å². The van der Waals surface area contributed by atoms with E-state index in [-0.39, 0.29) is 11.6 Å². The molecule has 0 aliphatic carbocycles. The average Bonchev–Trinajstić information content (AvgIpc) is 2.85. The summed E-state index contributed by atoms with van der Waals surface area (Å²) in [5.41, 5.74) is 0. The van der Waals surface area contributed by atoms with Crippen LogP contribution >= 0.6 is 0 Å². The molecule has 0 saturated carbocycles. The normalized spacial score (nSPS) is 11.8. The number of aromatic nitrogens is 3. The molecule has 0 aromatic carbocycles. The van der Waals surface area contributed by atoms with Gasteiger partial charge in [0.05, 0.1) is 18.9 Å². The Bertz CT molecular complexity index is 558. The second-order valence-corrected chi connectivity index (χ2v) is 4.87. The largest absolute Gasteiger partial charge is 0.360 e. The van der Waals surface area contributed by atoms with E-state index >= 15 is 0 Å². The van der Waals surface area contributed by atoms with E-state index < -0.39 is 10.0 Å². The van der Waals surface area contributed by atoms with Crippen LogP contribution in [0.3, 0.4) is 0 Å². The molecule has 8 heteroatoms. The molecule has 0 aliphatic rings. The zero-order valence-electron chi connectivity index (χ0n) is 8.47. The lowest BCUT2D eigenvalue weighted by atomic mass is 10.5. The van der Waals surface area contributed by atoms with Crippen LogP contribution in [0.25, 0.3) is 0 Å². The van der Waals surface area contributed by atoms with Crippen LogP contribution in [-0.2, 0) is 16.6 Å². The summed E-state index contributed by atoms with van der Waals surface area (Å²) in [4.78, 5) is 6.46. The predicted octanol–water partition coefficient (Wildman–Crippen LogP) is 0.185. The number of sulfonamides is 1. The fourth-order valence-corrected chi connectivity index (χ4v) is 2.07. The molecular formula is C8H10N4O3S. The molecule has 2 N–H and O–H groups in total. The van der Waals surface area contributed by atoms with Gasteiger partial charge in [-0.05, 0) is 6.92 Å². The first-order valence-electron chi connectivity index (χ1n) is 4.49. The van der Waals surface area contributed by atoms with Gasteiger partial charge in [-0.3, -0.25) is 0 Å². The van der Waals surface area contributed by atoms with Gasteiger partial charge in [0.1, 0.15) is 5.82 Å². The number of nitrogens with one attached hydrogen (secondary N) is 2. The molecule has 2 aromatic heterocycles. The van der Waals surface area contributed by atoms with Gasteiger partial charge in [-0.2, -0.15) is 0 Å². The smallest absolute Gasteiger partial charge is 0.258 e. The summed E-state index contributed by atoms with van der Waals surface area (Å²) in [5.74, 6) is 0.986. The Kier molecular flexibility index (Phi) is 2.75. The van der Waals surface area contributed by atoms with Crippen molar-refractivity contribution >= 4 is 10.0 Å². The molecule has 16 heavy (non-hydrogen) atoms. The number of imidazole rings is 1. The number of hydrogen-bond donors (Lipinski definition) is 2. The summed E-state index contributed by atoms with van der Waals surface area (Å²) in [6, 6.07) is 1.58. The van der Waals surface area contributed by atoms with Crippen molar-refractivity contribution in [2.24, 2.45) is 0 Å². The highest BCUT2D eigenvalue weighted by atomic mass is 32.2. The Morgan fingerprint density at radius 1 is 1.56 bits per heavy atom. The Labute approximate surface area is 91.9 Å². The molecule has 0 saturated heterocycles. The van der Waals surface area contributed by atoms with E-state index in [1.165, 1.54) is 12.4 Å². The lowest BCUT2D eigenvalue weighted by Crippen LogP contribution is -2.23. The van der Waals surface area contributed by atoms with Gasteiger partial charge in [-0.15, -0.1) is 0 Å². The van der Waals surface area contributed by atoms with Crippen LogP contribution in [0.1, 0.15) is 11.6 Å². The maximum Gasteiger partial charge on any atom is 0.258 e. The number of hydrogen-bond acceptors (Lipinski definition) is 5. The van der Waals surface area contributed by atoms with E-state index in [2.05, 4.69) is 19.8 Å². The second kappa shape index (κ2) is 4.06. The van der Waals surface area contributed by atoms with Gasteiger partial charge in [0.15, 0.2) is 10.8 Å². The molecule has 86 valence electrons. The van der Waals surface area contributed by atoms with Crippen LogP contribution < -0.4 is 4.72 Å². The minimum Gasteiger partial charge on any atom is -0.360 e. The van der Waals surface area contributed by atoms with E-state index in [1.54, 1.807) is 13.0 Å². The van der Waals surface area contributed by atoms with E-state index in [9.17, 15) is 8.42 Å². The maximum atomic E-state index is 11.7. The van der Waals surface area contributed by atoms with Crippen molar-refractivity contribution < 1.29 is 12.9 Å². The zero-order valence-corrected chi connectivity index (χ0v) is 9.28. The topological polar surface area (TPSA) is 101 Å². The fourth-order valence-electron chi connectivity index (χ4n) is 1.11. The third-order valence-corrected chi connectivity index (χ3v) is 3.21. The summed E-state index contributed by atoms with van der Waals surface area (Å²) in [7, 11) is -3.57. The minimum atomic E-state index is -3.57. The van der Waals surface area contributed by atoms with Gasteiger partial charge in [-0.1, -0.05) is 5.16 Å². The monoisotopic (exact) mass is 242 g/mol. The lowest BCUT2D eigenvalue weighted by molar-refractivity contribution is 0.380. The molecule has 0 radical (unpaired) electrons. The molecule has 0 spiro atoms. The molecular weight excluding hydrogens is 232 g/mol. The lowest BCUT2D eigenvalue weighted by Gasteiger charge is -2.01. The first-order chi connectivity index (χ1) is 7.58. The van der Waals surface area contributed by atoms with Gasteiger partial charge in [0.2, 0.25) is 0 Å². The Hall–Kier alpha value is -1.67. The molecule has 2 heterocycles. The third-order valence-electron chi connectivity index (χ3n) is 1.90. The van der Waals surface area contributed by atoms with Crippen LogP contribution in [0.4, 0.5) is 0 Å². The molecule has 2 aromatic rings. The summed E-state index contributed by atoms with van der Waals surface area (Å²) in [6.07, 6.45) is 2.71. The van der Waals surface area contributed by atoms with Crippen LogP contribution in [0.15, 0.2) is 28.0 Å². The van der Waals surface area contributed by atoms with Crippen molar-refractivity contribution in [2.45, 2.75) is 18.5 Å². The zero-order chi connectivity index (χ0) is 11.6. The van der Waals surface area contributed by atoms with Crippen molar-refractivity contribution in [1.82, 2.24) is 19.8 Å². The van der Waals surface area contributed by atoms with Crippen LogP contribution in [0, 0.1) is 6.92 Å². The fraction of sp³-hybridized carbons (Fsp3) is 0.250. The summed E-state index contributed by atoms with van der Waals surface area (Å²) in [5, 5.41) is 3.50. The minimum absolute atomic E-state index is 0.0320. The van der Waals surface area contributed by atoms with E-state index in [4.69, 9.17) is 4.52 Å². The SMILES string of the molecule is Cc1ncc(S(=O)(=O)NCc2ccno2)[nH]1. The third kappa shape index (κ3) is 2.28. The van der Waals surface area contributed by atoms with E-state index in [1.807, 2.05) is 0 Å². The number of aromatic amines is 1. The van der Waals surface area contributed by atoms with Crippen molar-refractivity contribution in [3.05, 3.63) is 30.0 Å². The number of rotatable bonds is 4. The summed E-state index contributed by atoms with van der Waals surface area (Å²) in [6.45, 7) is 1.73. The molecule has 0 amide bonds. The molecule has 0 unspecified atom stereocenters. The van der Waals surface area contributed by atoms with Crippen molar-refractivity contribution in [1.29, 1.82) is 0 Å². The van der Waals surface area contributed by atoms with Crippen LogP contribution in [0.2, 0.25) is 0 Å².